The minimum absolute atomic E-state index is 0.297. The maximum Gasteiger partial charge on any atom is 0.157 e. The Bertz CT molecular complexity index is 360. The second kappa shape index (κ2) is 9.81. The van der Waals surface area contributed by atoms with Crippen molar-refractivity contribution in [2.75, 3.05) is 7.05 Å². The van der Waals surface area contributed by atoms with Crippen molar-refractivity contribution in [1.29, 1.82) is 0 Å². The maximum absolute atomic E-state index is 12.0. The molecule has 0 amide bonds. The van der Waals surface area contributed by atoms with Gasteiger partial charge in [0.1, 0.15) is 0 Å². The molecule has 0 aromatic heterocycles. The molecule has 0 aromatic rings. The second-order valence-electron chi connectivity index (χ2n) is 6.86. The molecular weight excluding hydrogens is 258 g/mol. The topological polar surface area (TPSA) is 20.3 Å². The molecule has 0 saturated heterocycles. The number of hydrogen-bond acceptors (Lipinski definition) is 2. The fourth-order valence-corrected chi connectivity index (χ4v) is 2.91. The highest BCUT2D eigenvalue weighted by Gasteiger charge is 2.15. The van der Waals surface area contributed by atoms with Crippen LogP contribution < -0.4 is 0 Å². The first-order chi connectivity index (χ1) is 9.99. The lowest BCUT2D eigenvalue weighted by Crippen LogP contribution is -2.23. The number of carbonyl (C=O) groups excluding carboxylic acids is 1. The van der Waals surface area contributed by atoms with Gasteiger partial charge in [-0.3, -0.25) is 4.79 Å². The van der Waals surface area contributed by atoms with Gasteiger partial charge >= 0.3 is 0 Å². The van der Waals surface area contributed by atoms with Gasteiger partial charge in [-0.2, -0.15) is 0 Å². The third-order valence-corrected chi connectivity index (χ3v) is 4.54. The molecule has 0 aliphatic heterocycles. The van der Waals surface area contributed by atoms with Crippen LogP contribution >= 0.6 is 0 Å². The van der Waals surface area contributed by atoms with Crippen LogP contribution in [0, 0.1) is 5.92 Å². The van der Waals surface area contributed by atoms with E-state index in [0.717, 1.165) is 19.3 Å². The molecule has 0 radical (unpaired) electrons. The van der Waals surface area contributed by atoms with E-state index in [-0.39, 0.29) is 0 Å². The summed E-state index contributed by atoms with van der Waals surface area (Å²) in [6.07, 6.45) is 15.5. The highest BCUT2D eigenvalue weighted by Crippen LogP contribution is 2.26. The van der Waals surface area contributed by atoms with E-state index in [2.05, 4.69) is 38.8 Å². The Morgan fingerprint density at radius 2 is 1.90 bits per heavy atom. The van der Waals surface area contributed by atoms with Gasteiger partial charge in [-0.15, -0.1) is 0 Å². The number of rotatable bonds is 8. The first-order valence-electron chi connectivity index (χ1n) is 8.55. The van der Waals surface area contributed by atoms with E-state index in [1.54, 1.807) is 6.08 Å². The van der Waals surface area contributed by atoms with Crippen molar-refractivity contribution in [3.8, 4) is 0 Å². The molecule has 2 nitrogen and oxygen atoms in total. The van der Waals surface area contributed by atoms with Gasteiger partial charge in [0.25, 0.3) is 0 Å². The molecule has 1 saturated carbocycles. The summed E-state index contributed by atoms with van der Waals surface area (Å²) < 4.78 is 0. The summed E-state index contributed by atoms with van der Waals surface area (Å²) in [5, 5.41) is 0. The van der Waals surface area contributed by atoms with Gasteiger partial charge in [-0.1, -0.05) is 43.8 Å². The zero-order valence-electron chi connectivity index (χ0n) is 14.4. The first kappa shape index (κ1) is 18.0. The highest BCUT2D eigenvalue weighted by atomic mass is 16.1. The van der Waals surface area contributed by atoms with Gasteiger partial charge < -0.3 is 4.90 Å². The monoisotopic (exact) mass is 291 g/mol. The van der Waals surface area contributed by atoms with Crippen molar-refractivity contribution in [1.82, 2.24) is 4.90 Å². The van der Waals surface area contributed by atoms with E-state index in [9.17, 15) is 4.79 Å². The predicted molar refractivity (Wildman–Crippen MR) is 91.2 cm³/mol. The fraction of sp³-hybridized carbons (Fsp3) is 0.737. The van der Waals surface area contributed by atoms with Gasteiger partial charge in [0, 0.05) is 25.7 Å². The third kappa shape index (κ3) is 8.08. The Balaban J connectivity index is 2.29. The summed E-state index contributed by atoms with van der Waals surface area (Å²) in [7, 11) is 2.07. The summed E-state index contributed by atoms with van der Waals surface area (Å²) in [4.78, 5) is 14.2. The van der Waals surface area contributed by atoms with Crippen molar-refractivity contribution >= 4 is 5.78 Å². The molecule has 0 aromatic carbocycles. The number of ketones is 1. The molecule has 0 heterocycles. The quantitative estimate of drug-likeness (QED) is 0.458. The molecule has 120 valence electrons. The third-order valence-electron chi connectivity index (χ3n) is 4.54. The number of nitrogens with zero attached hydrogens (tertiary/aromatic N) is 1. The molecule has 1 atom stereocenters. The molecule has 21 heavy (non-hydrogen) atoms. The number of hydrogen-bond donors (Lipinski definition) is 0. The van der Waals surface area contributed by atoms with E-state index in [0.29, 0.717) is 17.7 Å². The zero-order valence-corrected chi connectivity index (χ0v) is 14.4. The fourth-order valence-electron chi connectivity index (χ4n) is 2.91. The maximum atomic E-state index is 12.0. The Labute approximate surface area is 131 Å². The second-order valence-corrected chi connectivity index (χ2v) is 6.86. The molecule has 1 aliphatic carbocycles. The van der Waals surface area contributed by atoms with Gasteiger partial charge in [0.2, 0.25) is 0 Å². The predicted octanol–water partition coefficient (Wildman–Crippen LogP) is 5.11. The smallest absolute Gasteiger partial charge is 0.157 e. The molecule has 1 aliphatic rings. The summed E-state index contributed by atoms with van der Waals surface area (Å²) in [5.74, 6) is 0.932. The largest absolute Gasteiger partial charge is 0.378 e. The Morgan fingerprint density at radius 1 is 1.24 bits per heavy atom. The van der Waals surface area contributed by atoms with Crippen LogP contribution in [0.15, 0.2) is 23.9 Å². The highest BCUT2D eigenvalue weighted by molar-refractivity contribution is 5.89. The number of allylic oxidation sites excluding steroid dienone is 3. The van der Waals surface area contributed by atoms with Crippen LogP contribution in [0.2, 0.25) is 0 Å². The van der Waals surface area contributed by atoms with Crippen molar-refractivity contribution in [3.63, 3.8) is 0 Å². The lowest BCUT2D eigenvalue weighted by molar-refractivity contribution is -0.115. The average Bonchev–Trinajstić information content (AvgIpc) is 2.45. The zero-order chi connectivity index (χ0) is 15.7. The molecule has 1 fully saturated rings. The Morgan fingerprint density at radius 3 is 2.52 bits per heavy atom. The SMILES string of the molecule is CC(C)=CCCC(C)N(C)/C=C/C(=O)CC1CCCCC1. The van der Waals surface area contributed by atoms with E-state index in [1.165, 1.54) is 37.7 Å². The van der Waals surface area contributed by atoms with Crippen molar-refractivity contribution in [2.24, 2.45) is 5.92 Å². The van der Waals surface area contributed by atoms with E-state index >= 15 is 0 Å². The van der Waals surface area contributed by atoms with Crippen LogP contribution in [-0.2, 0) is 4.79 Å². The van der Waals surface area contributed by atoms with Crippen molar-refractivity contribution in [3.05, 3.63) is 23.9 Å². The van der Waals surface area contributed by atoms with E-state index < -0.39 is 0 Å². The summed E-state index contributed by atoms with van der Waals surface area (Å²) >= 11 is 0. The van der Waals surface area contributed by atoms with Crippen LogP contribution in [0.3, 0.4) is 0 Å². The standard InChI is InChI=1S/C19H33NO/c1-16(2)9-8-10-17(3)20(4)14-13-19(21)15-18-11-6-5-7-12-18/h9,13-14,17-18H,5-8,10-12,15H2,1-4H3/b14-13+. The Hall–Kier alpha value is -1.05. The molecular formula is C19H33NO. The molecule has 0 N–H and O–H groups in total. The van der Waals surface area contributed by atoms with Crippen LogP contribution in [0.4, 0.5) is 0 Å². The summed E-state index contributed by atoms with van der Waals surface area (Å²) in [6, 6.07) is 0.472. The molecule has 2 heteroatoms. The van der Waals surface area contributed by atoms with Gasteiger partial charge in [-0.05, 0) is 45.6 Å². The molecule has 0 bridgehead atoms. The van der Waals surface area contributed by atoms with E-state index in [1.807, 2.05) is 6.20 Å². The summed E-state index contributed by atoms with van der Waals surface area (Å²) in [5.41, 5.74) is 1.38. The van der Waals surface area contributed by atoms with Crippen LogP contribution in [0.25, 0.3) is 0 Å². The van der Waals surface area contributed by atoms with E-state index in [4.69, 9.17) is 0 Å². The molecule has 1 rings (SSSR count). The van der Waals surface area contributed by atoms with Crippen LogP contribution in [0.5, 0.6) is 0 Å². The molecule has 1 unspecified atom stereocenters. The van der Waals surface area contributed by atoms with Gasteiger partial charge in [-0.25, -0.2) is 0 Å². The average molecular weight is 291 g/mol. The minimum atomic E-state index is 0.297. The van der Waals surface area contributed by atoms with Gasteiger partial charge in [0.15, 0.2) is 5.78 Å². The number of carbonyl (C=O) groups is 1. The summed E-state index contributed by atoms with van der Waals surface area (Å²) in [6.45, 7) is 6.49. The van der Waals surface area contributed by atoms with Crippen molar-refractivity contribution in [2.45, 2.75) is 78.2 Å². The normalized spacial score (nSPS) is 17.7. The lowest BCUT2D eigenvalue weighted by Gasteiger charge is -2.23. The Kier molecular flexibility index (Phi) is 8.41. The van der Waals surface area contributed by atoms with Crippen LogP contribution in [-0.4, -0.2) is 23.8 Å². The van der Waals surface area contributed by atoms with Crippen molar-refractivity contribution < 1.29 is 4.79 Å². The van der Waals surface area contributed by atoms with Crippen LogP contribution in [0.1, 0.15) is 72.1 Å². The lowest BCUT2D eigenvalue weighted by atomic mass is 9.86. The van der Waals surface area contributed by atoms with Gasteiger partial charge in [0.05, 0.1) is 0 Å². The molecule has 0 spiro atoms. The first-order valence-corrected chi connectivity index (χ1v) is 8.55. The minimum Gasteiger partial charge on any atom is -0.378 e.